The minimum atomic E-state index is -0.655. The molecule has 2 rings (SSSR count). The second-order valence-electron chi connectivity index (χ2n) is 6.31. The summed E-state index contributed by atoms with van der Waals surface area (Å²) in [7, 11) is 0. The second-order valence-corrected chi connectivity index (χ2v) is 7.52. The average molecular weight is 353 g/mol. The highest BCUT2D eigenvalue weighted by Gasteiger charge is 2.42. The third-order valence-electron chi connectivity index (χ3n) is 3.80. The van der Waals surface area contributed by atoms with Crippen molar-refractivity contribution in [3.8, 4) is 0 Å². The van der Waals surface area contributed by atoms with Crippen LogP contribution in [0.5, 0.6) is 0 Å². The van der Waals surface area contributed by atoms with Crippen molar-refractivity contribution in [2.45, 2.75) is 45.0 Å². The standard InChI is InChI=1S/C18H24FNO3S/c1-4-7-16-20(17(21)13-8-5-6-9-14(13)19)15(11-24-16)18(22)23-10-12(2)3/h5-6,8-9,12,15-16H,4,7,10-11H2,1-3H3/t15-,16+/m1/s1. The molecule has 6 heteroatoms. The third kappa shape index (κ3) is 4.29. The van der Waals surface area contributed by atoms with Crippen molar-refractivity contribution in [2.75, 3.05) is 12.4 Å². The zero-order valence-corrected chi connectivity index (χ0v) is 15.1. The lowest BCUT2D eigenvalue weighted by molar-refractivity contribution is -0.149. The van der Waals surface area contributed by atoms with Gasteiger partial charge in [-0.15, -0.1) is 11.8 Å². The van der Waals surface area contributed by atoms with Gasteiger partial charge in [-0.05, 0) is 24.5 Å². The smallest absolute Gasteiger partial charge is 0.329 e. The molecule has 1 saturated heterocycles. The highest BCUT2D eigenvalue weighted by atomic mass is 32.2. The van der Waals surface area contributed by atoms with Gasteiger partial charge in [0, 0.05) is 5.75 Å². The molecule has 1 aliphatic rings. The van der Waals surface area contributed by atoms with Crippen LogP contribution in [-0.4, -0.2) is 40.6 Å². The van der Waals surface area contributed by atoms with Gasteiger partial charge in [0.15, 0.2) is 0 Å². The topological polar surface area (TPSA) is 46.6 Å². The molecule has 1 aromatic rings. The summed E-state index contributed by atoms with van der Waals surface area (Å²) in [5.41, 5.74) is 0.00256. The molecule has 2 atom stereocenters. The van der Waals surface area contributed by atoms with Crippen LogP contribution in [0.1, 0.15) is 44.0 Å². The number of benzene rings is 1. The van der Waals surface area contributed by atoms with E-state index in [2.05, 4.69) is 0 Å². The van der Waals surface area contributed by atoms with Gasteiger partial charge in [0.25, 0.3) is 5.91 Å². The Morgan fingerprint density at radius 2 is 2.08 bits per heavy atom. The first-order valence-corrected chi connectivity index (χ1v) is 9.36. The van der Waals surface area contributed by atoms with Gasteiger partial charge in [-0.1, -0.05) is 39.3 Å². The Labute approximate surface area is 146 Å². The van der Waals surface area contributed by atoms with Crippen LogP contribution in [0.3, 0.4) is 0 Å². The fraction of sp³-hybridized carbons (Fsp3) is 0.556. The molecule has 0 unspecified atom stereocenters. The Morgan fingerprint density at radius 3 is 2.71 bits per heavy atom. The first-order valence-electron chi connectivity index (χ1n) is 8.31. The monoisotopic (exact) mass is 353 g/mol. The lowest BCUT2D eigenvalue weighted by Crippen LogP contribution is -2.46. The number of carbonyl (C=O) groups is 2. The average Bonchev–Trinajstić information content (AvgIpc) is 2.96. The van der Waals surface area contributed by atoms with Crippen LogP contribution < -0.4 is 0 Å². The second kappa shape index (κ2) is 8.51. The molecule has 0 N–H and O–H groups in total. The maximum atomic E-state index is 14.0. The molecule has 0 aromatic heterocycles. The van der Waals surface area contributed by atoms with Crippen LogP contribution in [0.4, 0.5) is 4.39 Å². The highest BCUT2D eigenvalue weighted by Crippen LogP contribution is 2.34. The lowest BCUT2D eigenvalue weighted by Gasteiger charge is -2.28. The summed E-state index contributed by atoms with van der Waals surface area (Å²) in [5.74, 6) is -0.696. The molecule has 132 valence electrons. The summed E-state index contributed by atoms with van der Waals surface area (Å²) in [6.07, 6.45) is 1.64. The summed E-state index contributed by atoms with van der Waals surface area (Å²) in [4.78, 5) is 26.8. The largest absolute Gasteiger partial charge is 0.464 e. The van der Waals surface area contributed by atoms with Crippen molar-refractivity contribution in [1.82, 2.24) is 4.90 Å². The summed E-state index contributed by atoms with van der Waals surface area (Å²) >= 11 is 1.56. The SMILES string of the molecule is CCC[C@@H]1SC[C@H](C(=O)OCC(C)C)N1C(=O)c1ccccc1F. The van der Waals surface area contributed by atoms with Gasteiger partial charge in [0.1, 0.15) is 11.9 Å². The van der Waals surface area contributed by atoms with Gasteiger partial charge in [-0.3, -0.25) is 4.79 Å². The zero-order chi connectivity index (χ0) is 17.7. The number of carbonyl (C=O) groups excluding carboxylic acids is 2. The van der Waals surface area contributed by atoms with Gasteiger partial charge in [-0.25, -0.2) is 9.18 Å². The van der Waals surface area contributed by atoms with E-state index in [0.717, 1.165) is 12.8 Å². The van der Waals surface area contributed by atoms with Crippen LogP contribution in [-0.2, 0) is 9.53 Å². The minimum absolute atomic E-state index is 0.00256. The van der Waals surface area contributed by atoms with Crippen molar-refractivity contribution in [3.63, 3.8) is 0 Å². The molecular formula is C18H24FNO3S. The molecule has 1 heterocycles. The third-order valence-corrected chi connectivity index (χ3v) is 5.15. The van der Waals surface area contributed by atoms with E-state index in [1.807, 2.05) is 20.8 Å². The van der Waals surface area contributed by atoms with Crippen molar-refractivity contribution in [3.05, 3.63) is 35.6 Å². The van der Waals surface area contributed by atoms with Crippen molar-refractivity contribution in [2.24, 2.45) is 5.92 Å². The van der Waals surface area contributed by atoms with Crippen molar-refractivity contribution >= 4 is 23.6 Å². The molecule has 0 radical (unpaired) electrons. The predicted octanol–water partition coefficient (Wildman–Crippen LogP) is 3.71. The number of hydrogen-bond acceptors (Lipinski definition) is 4. The summed E-state index contributed by atoms with van der Waals surface area (Å²) in [5, 5.41) is -0.126. The number of halogens is 1. The lowest BCUT2D eigenvalue weighted by atomic mass is 10.1. The number of rotatable bonds is 6. The van der Waals surface area contributed by atoms with Crippen LogP contribution in [0, 0.1) is 11.7 Å². The zero-order valence-electron chi connectivity index (χ0n) is 14.3. The van der Waals surface area contributed by atoms with Gasteiger partial charge >= 0.3 is 5.97 Å². The molecule has 0 bridgehead atoms. The Kier molecular flexibility index (Phi) is 6.66. The highest BCUT2D eigenvalue weighted by molar-refractivity contribution is 8.00. The number of thioether (sulfide) groups is 1. The Morgan fingerprint density at radius 1 is 1.38 bits per heavy atom. The Hall–Kier alpha value is -1.56. The molecule has 0 spiro atoms. The number of nitrogens with zero attached hydrogens (tertiary/aromatic N) is 1. The summed E-state index contributed by atoms with van der Waals surface area (Å²) < 4.78 is 19.3. The van der Waals surface area contributed by atoms with Crippen LogP contribution in [0.25, 0.3) is 0 Å². The van der Waals surface area contributed by atoms with E-state index in [9.17, 15) is 14.0 Å². The predicted molar refractivity (Wildman–Crippen MR) is 93.3 cm³/mol. The fourth-order valence-electron chi connectivity index (χ4n) is 2.61. The van der Waals surface area contributed by atoms with Gasteiger partial charge in [0.2, 0.25) is 0 Å². The van der Waals surface area contributed by atoms with Crippen molar-refractivity contribution < 1.29 is 18.7 Å². The van der Waals surface area contributed by atoms with Gasteiger partial charge < -0.3 is 9.64 Å². The number of hydrogen-bond donors (Lipinski definition) is 0. The van der Waals surface area contributed by atoms with E-state index < -0.39 is 23.7 Å². The maximum absolute atomic E-state index is 14.0. The van der Waals surface area contributed by atoms with E-state index in [-0.39, 0.29) is 16.9 Å². The normalized spacial score (nSPS) is 20.5. The number of ether oxygens (including phenoxy) is 1. The van der Waals surface area contributed by atoms with Crippen molar-refractivity contribution in [1.29, 1.82) is 0 Å². The van der Waals surface area contributed by atoms with E-state index in [4.69, 9.17) is 4.74 Å². The molecule has 1 fully saturated rings. The molecule has 0 saturated carbocycles. The Bertz CT molecular complexity index is 593. The Balaban J connectivity index is 2.23. The van der Waals surface area contributed by atoms with E-state index in [0.29, 0.717) is 12.4 Å². The van der Waals surface area contributed by atoms with Gasteiger partial charge in [-0.2, -0.15) is 0 Å². The molecule has 1 amide bonds. The number of amides is 1. The van der Waals surface area contributed by atoms with Crippen LogP contribution >= 0.6 is 11.8 Å². The van der Waals surface area contributed by atoms with E-state index >= 15 is 0 Å². The molecule has 0 aliphatic carbocycles. The first-order chi connectivity index (χ1) is 11.5. The maximum Gasteiger partial charge on any atom is 0.329 e. The fourth-order valence-corrected chi connectivity index (χ4v) is 4.11. The quantitative estimate of drug-likeness (QED) is 0.732. The molecule has 4 nitrogen and oxygen atoms in total. The summed E-state index contributed by atoms with van der Waals surface area (Å²) in [6, 6.07) is 5.23. The van der Waals surface area contributed by atoms with Gasteiger partial charge in [0.05, 0.1) is 17.5 Å². The first kappa shape index (κ1) is 18.8. The number of esters is 1. The van der Waals surface area contributed by atoms with Crippen LogP contribution in [0.2, 0.25) is 0 Å². The summed E-state index contributed by atoms with van der Waals surface area (Å²) in [6.45, 7) is 6.26. The molecule has 24 heavy (non-hydrogen) atoms. The molecule has 1 aliphatic heterocycles. The molecular weight excluding hydrogens is 329 g/mol. The van der Waals surface area contributed by atoms with E-state index in [1.54, 1.807) is 23.9 Å². The van der Waals surface area contributed by atoms with Crippen LogP contribution in [0.15, 0.2) is 24.3 Å². The minimum Gasteiger partial charge on any atom is -0.464 e. The van der Waals surface area contributed by atoms with E-state index in [1.165, 1.54) is 17.0 Å². The molecule has 1 aromatic carbocycles.